The van der Waals surface area contributed by atoms with E-state index in [0.717, 1.165) is 5.56 Å². The van der Waals surface area contributed by atoms with Crippen molar-refractivity contribution < 1.29 is 19.5 Å². The Labute approximate surface area is 180 Å². The number of nitrogens with two attached hydrogens (primary N) is 1. The van der Waals surface area contributed by atoms with Crippen molar-refractivity contribution in [3.8, 4) is 0 Å². The Morgan fingerprint density at radius 2 is 1.87 bits per heavy atom. The Morgan fingerprint density at radius 1 is 1.13 bits per heavy atom. The van der Waals surface area contributed by atoms with E-state index >= 15 is 0 Å². The summed E-state index contributed by atoms with van der Waals surface area (Å²) < 4.78 is 5.22. The fraction of sp³-hybridized carbons (Fsp3) is 0.261. The molecule has 8 heteroatoms. The molecule has 162 valence electrons. The van der Waals surface area contributed by atoms with Gasteiger partial charge in [0, 0.05) is 23.6 Å². The summed E-state index contributed by atoms with van der Waals surface area (Å²) >= 11 is 0. The second kappa shape index (κ2) is 10.5. The van der Waals surface area contributed by atoms with E-state index in [9.17, 15) is 9.90 Å². The highest BCUT2D eigenvalue weighted by molar-refractivity contribution is 6.09. The van der Waals surface area contributed by atoms with Crippen molar-refractivity contribution in [2.75, 3.05) is 31.2 Å². The summed E-state index contributed by atoms with van der Waals surface area (Å²) in [6.45, 7) is 1.99. The number of anilines is 1. The summed E-state index contributed by atoms with van der Waals surface area (Å²) in [5, 5.41) is 22.6. The van der Waals surface area contributed by atoms with Crippen LogP contribution in [0.3, 0.4) is 0 Å². The highest BCUT2D eigenvalue weighted by Crippen LogP contribution is 2.32. The summed E-state index contributed by atoms with van der Waals surface area (Å²) in [4.78, 5) is 18.5. The van der Waals surface area contributed by atoms with Crippen LogP contribution in [-0.4, -0.2) is 53.4 Å². The number of carbonyl (C=O) groups is 1. The van der Waals surface area contributed by atoms with Gasteiger partial charge in [0.05, 0.1) is 19.8 Å². The lowest BCUT2D eigenvalue weighted by Gasteiger charge is -2.23. The molecule has 2 aromatic carbocycles. The quantitative estimate of drug-likeness (QED) is 0.274. The molecule has 0 saturated heterocycles. The van der Waals surface area contributed by atoms with Crippen LogP contribution in [0, 0.1) is 0 Å². The SMILES string of the molecule is CC(c1cccc(C(=O)c2ccccc2)c1)c1nocc1N(CCO)C(N)=NCCO. The third-order valence-corrected chi connectivity index (χ3v) is 4.94. The number of carbonyl (C=O) groups excluding carboxylic acids is 1. The summed E-state index contributed by atoms with van der Waals surface area (Å²) in [5.41, 5.74) is 9.31. The van der Waals surface area contributed by atoms with Crippen LogP contribution in [0.4, 0.5) is 5.69 Å². The number of aromatic nitrogens is 1. The smallest absolute Gasteiger partial charge is 0.196 e. The third kappa shape index (κ3) is 5.17. The molecule has 3 aromatic rings. The second-order valence-corrected chi connectivity index (χ2v) is 6.97. The van der Waals surface area contributed by atoms with Gasteiger partial charge in [-0.05, 0) is 11.6 Å². The molecular weight excluding hydrogens is 396 g/mol. The molecule has 0 radical (unpaired) electrons. The predicted octanol–water partition coefficient (Wildman–Crippen LogP) is 2.16. The molecule has 31 heavy (non-hydrogen) atoms. The van der Waals surface area contributed by atoms with E-state index < -0.39 is 0 Å². The molecule has 0 fully saturated rings. The predicted molar refractivity (Wildman–Crippen MR) is 118 cm³/mol. The first-order valence-electron chi connectivity index (χ1n) is 10.00. The van der Waals surface area contributed by atoms with Gasteiger partial charge in [0.1, 0.15) is 17.6 Å². The average molecular weight is 422 g/mol. The number of aliphatic hydroxyl groups excluding tert-OH is 2. The van der Waals surface area contributed by atoms with Gasteiger partial charge in [-0.2, -0.15) is 0 Å². The van der Waals surface area contributed by atoms with Gasteiger partial charge in [-0.15, -0.1) is 0 Å². The minimum atomic E-state index is -0.218. The lowest BCUT2D eigenvalue weighted by atomic mass is 9.93. The van der Waals surface area contributed by atoms with Gasteiger partial charge in [-0.3, -0.25) is 9.79 Å². The number of aliphatic imine (C=N–C) groups is 1. The van der Waals surface area contributed by atoms with Gasteiger partial charge >= 0.3 is 0 Å². The minimum absolute atomic E-state index is 0.0580. The molecule has 0 amide bonds. The average Bonchev–Trinajstić information content (AvgIpc) is 3.30. The minimum Gasteiger partial charge on any atom is -0.395 e. The normalized spacial score (nSPS) is 12.5. The molecule has 4 N–H and O–H groups in total. The van der Waals surface area contributed by atoms with Crippen molar-refractivity contribution in [3.05, 3.63) is 83.2 Å². The Hall–Kier alpha value is -3.49. The van der Waals surface area contributed by atoms with Crippen molar-refractivity contribution in [2.45, 2.75) is 12.8 Å². The van der Waals surface area contributed by atoms with E-state index in [-0.39, 0.29) is 44.0 Å². The number of hydrogen-bond donors (Lipinski definition) is 3. The summed E-state index contributed by atoms with van der Waals surface area (Å²) in [6, 6.07) is 16.5. The van der Waals surface area contributed by atoms with Crippen molar-refractivity contribution in [2.24, 2.45) is 10.7 Å². The number of ketones is 1. The van der Waals surface area contributed by atoms with Gasteiger partial charge in [-0.1, -0.05) is 60.6 Å². The Bertz CT molecular complexity index is 1030. The van der Waals surface area contributed by atoms with Crippen LogP contribution in [0.5, 0.6) is 0 Å². The van der Waals surface area contributed by atoms with Crippen LogP contribution < -0.4 is 10.6 Å². The molecule has 8 nitrogen and oxygen atoms in total. The summed E-state index contributed by atoms with van der Waals surface area (Å²) in [7, 11) is 0. The molecule has 1 unspecified atom stereocenters. The maximum atomic E-state index is 12.8. The number of guanidine groups is 1. The van der Waals surface area contributed by atoms with Crippen molar-refractivity contribution in [1.29, 1.82) is 0 Å². The molecule has 1 atom stereocenters. The van der Waals surface area contributed by atoms with Crippen molar-refractivity contribution in [3.63, 3.8) is 0 Å². The van der Waals surface area contributed by atoms with E-state index in [1.165, 1.54) is 6.26 Å². The lowest BCUT2D eigenvalue weighted by Crippen LogP contribution is -2.40. The van der Waals surface area contributed by atoms with Gasteiger partial charge in [-0.25, -0.2) is 0 Å². The first-order valence-corrected chi connectivity index (χ1v) is 10.00. The molecule has 0 spiro atoms. The van der Waals surface area contributed by atoms with E-state index in [1.807, 2.05) is 43.3 Å². The van der Waals surface area contributed by atoms with Crippen LogP contribution in [0.1, 0.15) is 40.0 Å². The van der Waals surface area contributed by atoms with Crippen LogP contribution in [0.15, 0.2) is 70.4 Å². The Morgan fingerprint density at radius 3 is 2.58 bits per heavy atom. The molecule has 0 aliphatic rings. The summed E-state index contributed by atoms with van der Waals surface area (Å²) in [6.07, 6.45) is 1.45. The number of nitrogens with zero attached hydrogens (tertiary/aromatic N) is 3. The molecule has 0 bridgehead atoms. The fourth-order valence-electron chi connectivity index (χ4n) is 3.31. The van der Waals surface area contributed by atoms with Gasteiger partial charge in [0.15, 0.2) is 11.7 Å². The van der Waals surface area contributed by atoms with Crippen molar-refractivity contribution >= 4 is 17.4 Å². The highest BCUT2D eigenvalue weighted by Gasteiger charge is 2.24. The van der Waals surface area contributed by atoms with Crippen LogP contribution in [0.2, 0.25) is 0 Å². The monoisotopic (exact) mass is 422 g/mol. The van der Waals surface area contributed by atoms with Gasteiger partial charge in [0.2, 0.25) is 0 Å². The van der Waals surface area contributed by atoms with Crippen LogP contribution in [0.25, 0.3) is 0 Å². The van der Waals surface area contributed by atoms with E-state index in [2.05, 4.69) is 10.1 Å². The second-order valence-electron chi connectivity index (χ2n) is 6.97. The Balaban J connectivity index is 1.92. The zero-order valence-electron chi connectivity index (χ0n) is 17.3. The van der Waals surface area contributed by atoms with E-state index in [0.29, 0.717) is 22.5 Å². The fourth-order valence-corrected chi connectivity index (χ4v) is 3.31. The topological polar surface area (TPSA) is 125 Å². The van der Waals surface area contributed by atoms with Crippen LogP contribution >= 0.6 is 0 Å². The number of aliphatic hydroxyl groups is 2. The largest absolute Gasteiger partial charge is 0.395 e. The van der Waals surface area contributed by atoms with E-state index in [1.54, 1.807) is 23.1 Å². The number of rotatable bonds is 9. The zero-order valence-corrected chi connectivity index (χ0v) is 17.3. The lowest BCUT2D eigenvalue weighted by molar-refractivity contribution is 0.103. The van der Waals surface area contributed by atoms with E-state index in [4.69, 9.17) is 15.4 Å². The molecular formula is C23H26N4O4. The highest BCUT2D eigenvalue weighted by atomic mass is 16.5. The van der Waals surface area contributed by atoms with Gasteiger partial charge in [0.25, 0.3) is 0 Å². The van der Waals surface area contributed by atoms with Gasteiger partial charge < -0.3 is 25.4 Å². The zero-order chi connectivity index (χ0) is 22.2. The molecule has 0 aliphatic carbocycles. The molecule has 3 rings (SSSR count). The molecule has 1 heterocycles. The van der Waals surface area contributed by atoms with Crippen LogP contribution in [-0.2, 0) is 0 Å². The summed E-state index contributed by atoms with van der Waals surface area (Å²) in [5.74, 6) is -0.130. The van der Waals surface area contributed by atoms with Crippen molar-refractivity contribution in [1.82, 2.24) is 5.16 Å². The number of hydrogen-bond acceptors (Lipinski definition) is 6. The number of benzene rings is 2. The maximum absolute atomic E-state index is 12.8. The molecule has 1 aromatic heterocycles. The Kier molecular flexibility index (Phi) is 7.53. The first kappa shape index (κ1) is 22.2. The molecule has 0 aliphatic heterocycles. The molecule has 0 saturated carbocycles. The first-order chi connectivity index (χ1) is 15.1. The standard InChI is InChI=1S/C23H26N4O4/c1-16(18-8-5-9-19(14-18)22(30)17-6-3-2-4-7-17)21-20(15-31-26-21)27(11-13-29)23(24)25-10-12-28/h2-9,14-16,28-29H,10-13H2,1H3,(H2,24,25). The maximum Gasteiger partial charge on any atom is 0.196 e. The third-order valence-electron chi connectivity index (χ3n) is 4.94.